The molecule has 0 aliphatic heterocycles. The van der Waals surface area contributed by atoms with Crippen molar-refractivity contribution in [3.63, 3.8) is 0 Å². The maximum atomic E-state index is 11.7. The van der Waals surface area contributed by atoms with Gasteiger partial charge in [-0.15, -0.1) is 11.8 Å². The van der Waals surface area contributed by atoms with Gasteiger partial charge >= 0.3 is 5.97 Å². The quantitative estimate of drug-likeness (QED) is 0.754. The summed E-state index contributed by atoms with van der Waals surface area (Å²) < 4.78 is 5.05. The smallest absolute Gasteiger partial charge is 0.323 e. The normalized spacial score (nSPS) is 12.2. The molecule has 1 atom stereocenters. The number of rotatable bonds is 5. The summed E-state index contributed by atoms with van der Waals surface area (Å²) in [5.74, 6) is 0.684. The van der Waals surface area contributed by atoms with Crippen LogP contribution in [-0.2, 0) is 9.53 Å². The van der Waals surface area contributed by atoms with Crippen LogP contribution in [0.25, 0.3) is 0 Å². The van der Waals surface area contributed by atoms with Gasteiger partial charge in [-0.25, -0.2) is 0 Å². The lowest BCUT2D eigenvalue weighted by atomic mass is 10.1. The van der Waals surface area contributed by atoms with E-state index in [4.69, 9.17) is 16.3 Å². The van der Waals surface area contributed by atoms with Crippen LogP contribution in [0.3, 0.4) is 0 Å². The summed E-state index contributed by atoms with van der Waals surface area (Å²) in [7, 11) is 0. The van der Waals surface area contributed by atoms with Crippen LogP contribution < -0.4 is 0 Å². The lowest BCUT2D eigenvalue weighted by Gasteiger charge is -2.14. The first kappa shape index (κ1) is 13.4. The van der Waals surface area contributed by atoms with E-state index in [1.165, 1.54) is 0 Å². The molecule has 4 heteroatoms. The second kappa shape index (κ2) is 6.81. The highest BCUT2D eigenvalue weighted by atomic mass is 35.5. The molecule has 0 saturated carbocycles. The minimum atomic E-state index is -0.248. The van der Waals surface area contributed by atoms with Gasteiger partial charge in [0.2, 0.25) is 0 Å². The third kappa shape index (κ3) is 3.72. The molecule has 16 heavy (non-hydrogen) atoms. The van der Waals surface area contributed by atoms with Crippen LogP contribution in [0.15, 0.2) is 24.3 Å². The molecule has 0 saturated heterocycles. The monoisotopic (exact) mass is 258 g/mol. The van der Waals surface area contributed by atoms with Gasteiger partial charge in [0.15, 0.2) is 0 Å². The van der Waals surface area contributed by atoms with E-state index in [9.17, 15) is 4.79 Å². The number of hydrogen-bond acceptors (Lipinski definition) is 3. The van der Waals surface area contributed by atoms with Crippen LogP contribution in [0.5, 0.6) is 0 Å². The van der Waals surface area contributed by atoms with Crippen molar-refractivity contribution < 1.29 is 9.53 Å². The van der Waals surface area contributed by atoms with E-state index in [1.54, 1.807) is 23.9 Å². The van der Waals surface area contributed by atoms with Crippen molar-refractivity contribution in [1.82, 2.24) is 0 Å². The zero-order valence-corrected chi connectivity index (χ0v) is 11.0. The molecule has 1 aromatic rings. The number of carbonyl (C=O) groups excluding carboxylic acids is 1. The number of thioether (sulfide) groups is 1. The second-order valence-electron chi connectivity index (χ2n) is 3.14. The van der Waals surface area contributed by atoms with E-state index in [2.05, 4.69) is 0 Å². The number of benzene rings is 1. The molecule has 0 radical (unpaired) electrons. The van der Waals surface area contributed by atoms with Gasteiger partial charge in [0.25, 0.3) is 0 Å². The molecule has 0 aliphatic carbocycles. The Balaban J connectivity index is 2.84. The van der Waals surface area contributed by atoms with Gasteiger partial charge in [0, 0.05) is 5.02 Å². The first-order chi connectivity index (χ1) is 7.69. The summed E-state index contributed by atoms with van der Waals surface area (Å²) >= 11 is 7.38. The average Bonchev–Trinajstić information content (AvgIpc) is 2.28. The predicted molar refractivity (Wildman–Crippen MR) is 69.0 cm³/mol. The molecule has 0 heterocycles. The Kier molecular flexibility index (Phi) is 5.71. The molecule has 2 nitrogen and oxygen atoms in total. The summed E-state index contributed by atoms with van der Waals surface area (Å²) in [5.41, 5.74) is 0.940. The molecule has 1 rings (SSSR count). The number of carbonyl (C=O) groups is 1. The lowest BCUT2D eigenvalue weighted by molar-refractivity contribution is -0.142. The molecule has 1 aromatic carbocycles. The van der Waals surface area contributed by atoms with Gasteiger partial charge in [-0.1, -0.05) is 30.7 Å². The number of ether oxygens (including phenoxy) is 1. The van der Waals surface area contributed by atoms with Crippen LogP contribution >= 0.6 is 23.4 Å². The van der Waals surface area contributed by atoms with Gasteiger partial charge in [-0.3, -0.25) is 4.79 Å². The van der Waals surface area contributed by atoms with Gasteiger partial charge in [0.05, 0.1) is 6.61 Å². The van der Waals surface area contributed by atoms with E-state index in [-0.39, 0.29) is 11.2 Å². The highest BCUT2D eigenvalue weighted by Gasteiger charge is 2.21. The average molecular weight is 259 g/mol. The number of esters is 1. The van der Waals surface area contributed by atoms with Crippen molar-refractivity contribution in [2.24, 2.45) is 0 Å². The highest BCUT2D eigenvalue weighted by Crippen LogP contribution is 2.30. The topological polar surface area (TPSA) is 26.3 Å². The Morgan fingerprint density at radius 1 is 1.38 bits per heavy atom. The van der Waals surface area contributed by atoms with E-state index < -0.39 is 0 Å². The van der Waals surface area contributed by atoms with Crippen LogP contribution in [-0.4, -0.2) is 18.3 Å². The van der Waals surface area contributed by atoms with Crippen LogP contribution in [0, 0.1) is 0 Å². The van der Waals surface area contributed by atoms with Gasteiger partial charge in [-0.2, -0.15) is 0 Å². The molecule has 0 aromatic heterocycles. The largest absolute Gasteiger partial charge is 0.465 e. The predicted octanol–water partition coefficient (Wildman–Crippen LogP) is 3.70. The van der Waals surface area contributed by atoms with Crippen molar-refractivity contribution in [2.45, 2.75) is 19.1 Å². The Hall–Kier alpha value is -0.670. The van der Waals surface area contributed by atoms with Crippen molar-refractivity contribution in [1.29, 1.82) is 0 Å². The minimum absolute atomic E-state index is 0.184. The molecular weight excluding hydrogens is 244 g/mol. The maximum Gasteiger partial charge on any atom is 0.323 e. The Morgan fingerprint density at radius 3 is 2.50 bits per heavy atom. The van der Waals surface area contributed by atoms with Crippen molar-refractivity contribution >= 4 is 29.3 Å². The summed E-state index contributed by atoms with van der Waals surface area (Å²) in [6, 6.07) is 7.32. The van der Waals surface area contributed by atoms with Crippen molar-refractivity contribution in [3.8, 4) is 0 Å². The highest BCUT2D eigenvalue weighted by molar-refractivity contribution is 8.00. The third-order valence-corrected chi connectivity index (χ3v) is 3.39. The fourth-order valence-corrected chi connectivity index (χ4v) is 2.34. The maximum absolute atomic E-state index is 11.7. The third-order valence-electron chi connectivity index (χ3n) is 2.01. The van der Waals surface area contributed by atoms with Crippen molar-refractivity contribution in [3.05, 3.63) is 34.9 Å². The zero-order valence-electron chi connectivity index (χ0n) is 9.40. The number of halogens is 1. The molecular formula is C12H15ClO2S. The van der Waals surface area contributed by atoms with Gasteiger partial charge in [0.1, 0.15) is 5.25 Å². The van der Waals surface area contributed by atoms with E-state index in [0.29, 0.717) is 11.6 Å². The summed E-state index contributed by atoms with van der Waals surface area (Å²) in [5, 5.41) is 0.426. The summed E-state index contributed by atoms with van der Waals surface area (Å²) in [6.45, 7) is 4.24. The first-order valence-corrected chi connectivity index (χ1v) is 6.65. The second-order valence-corrected chi connectivity index (χ2v) is 4.96. The minimum Gasteiger partial charge on any atom is -0.465 e. The Morgan fingerprint density at radius 2 is 2.00 bits per heavy atom. The molecule has 0 amide bonds. The summed E-state index contributed by atoms with van der Waals surface area (Å²) in [6.07, 6.45) is 0. The lowest BCUT2D eigenvalue weighted by Crippen LogP contribution is -2.13. The first-order valence-electron chi connectivity index (χ1n) is 5.22. The van der Waals surface area contributed by atoms with Gasteiger partial charge < -0.3 is 4.74 Å². The van der Waals surface area contributed by atoms with Gasteiger partial charge in [-0.05, 0) is 30.4 Å². The SMILES string of the molecule is CCOC(=O)C(SCC)c1ccc(Cl)cc1. The molecule has 0 spiro atoms. The van der Waals surface area contributed by atoms with E-state index in [0.717, 1.165) is 11.3 Å². The Bertz CT molecular complexity index is 337. The molecule has 88 valence electrons. The van der Waals surface area contributed by atoms with E-state index >= 15 is 0 Å². The molecule has 0 fully saturated rings. The number of hydrogen-bond donors (Lipinski definition) is 0. The molecule has 0 bridgehead atoms. The van der Waals surface area contributed by atoms with Crippen LogP contribution in [0.2, 0.25) is 5.02 Å². The van der Waals surface area contributed by atoms with E-state index in [1.807, 2.05) is 26.0 Å². The van der Waals surface area contributed by atoms with Crippen LogP contribution in [0.1, 0.15) is 24.7 Å². The summed E-state index contributed by atoms with van der Waals surface area (Å²) in [4.78, 5) is 11.7. The molecule has 0 N–H and O–H groups in total. The fourth-order valence-electron chi connectivity index (χ4n) is 1.32. The molecule has 0 aliphatic rings. The fraction of sp³-hybridized carbons (Fsp3) is 0.417. The zero-order chi connectivity index (χ0) is 12.0. The van der Waals surface area contributed by atoms with Crippen LogP contribution in [0.4, 0.5) is 0 Å². The Labute approximate surface area is 105 Å². The standard InChI is InChI=1S/C12H15ClO2S/c1-3-15-12(14)11(16-4-2)9-5-7-10(13)8-6-9/h5-8,11H,3-4H2,1-2H3. The molecule has 1 unspecified atom stereocenters. The van der Waals surface area contributed by atoms with Crippen molar-refractivity contribution in [2.75, 3.05) is 12.4 Å².